The lowest BCUT2D eigenvalue weighted by Crippen LogP contribution is -2.38. The summed E-state index contributed by atoms with van der Waals surface area (Å²) in [6.07, 6.45) is 4.97. The summed E-state index contributed by atoms with van der Waals surface area (Å²) in [4.78, 5) is 18.1. The molecule has 1 atom stereocenters. The molecule has 1 unspecified atom stereocenters. The largest absolute Gasteiger partial charge is 0.322 e. The highest BCUT2D eigenvalue weighted by molar-refractivity contribution is 6.32. The topological polar surface area (TPSA) is 57.3 Å². The van der Waals surface area contributed by atoms with Crippen LogP contribution in [-0.4, -0.2) is 48.5 Å². The van der Waals surface area contributed by atoms with Gasteiger partial charge in [0.05, 0.1) is 12.2 Å². The van der Waals surface area contributed by atoms with Crippen LogP contribution in [-0.2, 0) is 4.79 Å². The number of halogens is 1. The van der Waals surface area contributed by atoms with Crippen molar-refractivity contribution >= 4 is 23.2 Å². The van der Waals surface area contributed by atoms with E-state index in [1.54, 1.807) is 18.3 Å². The molecule has 0 bridgehead atoms. The van der Waals surface area contributed by atoms with Gasteiger partial charge in [0, 0.05) is 12.2 Å². The Bertz CT molecular complexity index is 447. The number of pyridine rings is 1. The first kappa shape index (κ1) is 15.2. The third-order valence-corrected chi connectivity index (χ3v) is 3.90. The monoisotopic (exact) mass is 296 g/mol. The number of anilines is 1. The minimum absolute atomic E-state index is 0.0559. The van der Waals surface area contributed by atoms with Crippen molar-refractivity contribution in [1.29, 1.82) is 0 Å². The van der Waals surface area contributed by atoms with Crippen LogP contribution in [0.4, 0.5) is 5.69 Å². The Morgan fingerprint density at radius 3 is 3.20 bits per heavy atom. The van der Waals surface area contributed by atoms with Crippen molar-refractivity contribution in [1.82, 2.24) is 15.2 Å². The first-order valence-corrected chi connectivity index (χ1v) is 7.36. The molecule has 0 spiro atoms. The van der Waals surface area contributed by atoms with Gasteiger partial charge in [-0.1, -0.05) is 11.6 Å². The van der Waals surface area contributed by atoms with Crippen LogP contribution < -0.4 is 10.6 Å². The van der Waals surface area contributed by atoms with Gasteiger partial charge in [0.25, 0.3) is 0 Å². The van der Waals surface area contributed by atoms with E-state index in [9.17, 15) is 4.79 Å². The van der Waals surface area contributed by atoms with E-state index >= 15 is 0 Å². The second kappa shape index (κ2) is 7.57. The molecule has 0 aliphatic carbocycles. The Morgan fingerprint density at radius 1 is 1.55 bits per heavy atom. The molecule has 6 heteroatoms. The normalized spacial score (nSPS) is 19.6. The summed E-state index contributed by atoms with van der Waals surface area (Å²) in [7, 11) is 2.00. The predicted molar refractivity (Wildman–Crippen MR) is 81.0 cm³/mol. The number of nitrogens with one attached hydrogen (secondary N) is 2. The first-order chi connectivity index (χ1) is 9.66. The lowest BCUT2D eigenvalue weighted by atomic mass is 10.1. The molecule has 1 fully saturated rings. The standard InChI is InChI=1S/C14H21ClN4O/c1-19(11-4-2-7-16-9-6-11)10-13(20)18-12-5-3-8-17-14(12)15/h3,5,8,11,16H,2,4,6-7,9-10H2,1H3,(H,18,20). The highest BCUT2D eigenvalue weighted by Crippen LogP contribution is 2.17. The maximum atomic E-state index is 12.0. The van der Waals surface area contributed by atoms with Crippen LogP contribution in [0, 0.1) is 0 Å². The summed E-state index contributed by atoms with van der Waals surface area (Å²) >= 11 is 5.93. The Hall–Kier alpha value is -1.17. The van der Waals surface area contributed by atoms with Gasteiger partial charge in [0.15, 0.2) is 5.15 Å². The third-order valence-electron chi connectivity index (χ3n) is 3.59. The van der Waals surface area contributed by atoms with Gasteiger partial charge in [0.2, 0.25) is 5.91 Å². The predicted octanol–water partition coefficient (Wildman–Crippen LogP) is 1.75. The zero-order valence-corrected chi connectivity index (χ0v) is 12.5. The molecule has 110 valence electrons. The fourth-order valence-corrected chi connectivity index (χ4v) is 2.63. The maximum absolute atomic E-state index is 12.0. The molecule has 20 heavy (non-hydrogen) atoms. The molecule has 1 saturated heterocycles. The summed E-state index contributed by atoms with van der Waals surface area (Å²) < 4.78 is 0. The van der Waals surface area contributed by atoms with Gasteiger partial charge < -0.3 is 10.6 Å². The quantitative estimate of drug-likeness (QED) is 0.831. The number of hydrogen-bond acceptors (Lipinski definition) is 4. The van der Waals surface area contributed by atoms with Gasteiger partial charge in [0.1, 0.15) is 0 Å². The molecular formula is C14H21ClN4O. The summed E-state index contributed by atoms with van der Waals surface area (Å²) in [6.45, 7) is 2.46. The zero-order chi connectivity index (χ0) is 14.4. The molecular weight excluding hydrogens is 276 g/mol. The highest BCUT2D eigenvalue weighted by atomic mass is 35.5. The van der Waals surface area contributed by atoms with E-state index in [0.717, 1.165) is 32.4 Å². The number of hydrogen-bond donors (Lipinski definition) is 2. The fraction of sp³-hybridized carbons (Fsp3) is 0.571. The summed E-state index contributed by atoms with van der Waals surface area (Å²) in [5.41, 5.74) is 0.565. The molecule has 5 nitrogen and oxygen atoms in total. The van der Waals surface area contributed by atoms with E-state index in [1.807, 2.05) is 7.05 Å². The molecule has 1 aliphatic heterocycles. The second-order valence-electron chi connectivity index (χ2n) is 5.14. The summed E-state index contributed by atoms with van der Waals surface area (Å²) in [5.74, 6) is -0.0559. The van der Waals surface area contributed by atoms with Gasteiger partial charge in [-0.25, -0.2) is 4.98 Å². The fourth-order valence-electron chi connectivity index (χ4n) is 2.47. The van der Waals surface area contributed by atoms with E-state index in [-0.39, 0.29) is 5.91 Å². The minimum Gasteiger partial charge on any atom is -0.322 e. The number of rotatable bonds is 4. The number of likely N-dealkylation sites (N-methyl/N-ethyl adjacent to an activating group) is 1. The van der Waals surface area contributed by atoms with Crippen LogP contribution in [0.1, 0.15) is 19.3 Å². The first-order valence-electron chi connectivity index (χ1n) is 6.98. The lowest BCUT2D eigenvalue weighted by molar-refractivity contribution is -0.117. The van der Waals surface area contributed by atoms with Crippen molar-refractivity contribution in [2.75, 3.05) is 32.0 Å². The molecule has 0 aromatic carbocycles. The molecule has 0 saturated carbocycles. The van der Waals surface area contributed by atoms with E-state index in [2.05, 4.69) is 20.5 Å². The zero-order valence-electron chi connectivity index (χ0n) is 11.7. The summed E-state index contributed by atoms with van der Waals surface area (Å²) in [6, 6.07) is 3.96. The van der Waals surface area contributed by atoms with Gasteiger partial charge >= 0.3 is 0 Å². The Balaban J connectivity index is 1.85. The number of carbonyl (C=O) groups is 1. The highest BCUT2D eigenvalue weighted by Gasteiger charge is 2.19. The van der Waals surface area contributed by atoms with Crippen molar-refractivity contribution in [3.8, 4) is 0 Å². The molecule has 2 heterocycles. The van der Waals surface area contributed by atoms with E-state index in [0.29, 0.717) is 23.4 Å². The van der Waals surface area contributed by atoms with E-state index in [1.165, 1.54) is 0 Å². The number of nitrogens with zero attached hydrogens (tertiary/aromatic N) is 2. The minimum atomic E-state index is -0.0559. The molecule has 0 radical (unpaired) electrons. The molecule has 1 amide bonds. The van der Waals surface area contributed by atoms with E-state index < -0.39 is 0 Å². The average Bonchev–Trinajstić information content (AvgIpc) is 2.70. The van der Waals surface area contributed by atoms with Crippen molar-refractivity contribution < 1.29 is 4.79 Å². The summed E-state index contributed by atoms with van der Waals surface area (Å²) in [5, 5.41) is 6.51. The van der Waals surface area contributed by atoms with Crippen LogP contribution >= 0.6 is 11.6 Å². The Morgan fingerprint density at radius 2 is 2.40 bits per heavy atom. The van der Waals surface area contributed by atoms with Gasteiger partial charge in [-0.15, -0.1) is 0 Å². The average molecular weight is 297 g/mol. The van der Waals surface area contributed by atoms with Crippen LogP contribution in [0.15, 0.2) is 18.3 Å². The van der Waals surface area contributed by atoms with Crippen LogP contribution in [0.5, 0.6) is 0 Å². The lowest BCUT2D eigenvalue weighted by Gasteiger charge is -2.26. The van der Waals surface area contributed by atoms with Crippen molar-refractivity contribution in [2.45, 2.75) is 25.3 Å². The van der Waals surface area contributed by atoms with Crippen LogP contribution in [0.3, 0.4) is 0 Å². The molecule has 1 aromatic rings. The van der Waals surface area contributed by atoms with Crippen molar-refractivity contribution in [3.63, 3.8) is 0 Å². The number of amides is 1. The smallest absolute Gasteiger partial charge is 0.238 e. The second-order valence-corrected chi connectivity index (χ2v) is 5.50. The molecule has 1 aliphatic rings. The molecule has 2 rings (SSSR count). The number of carbonyl (C=O) groups excluding carboxylic acids is 1. The maximum Gasteiger partial charge on any atom is 0.238 e. The SMILES string of the molecule is CN(CC(=O)Nc1cccnc1Cl)C1CCCNCC1. The molecule has 2 N–H and O–H groups in total. The van der Waals surface area contributed by atoms with Gasteiger partial charge in [-0.2, -0.15) is 0 Å². The molecule has 1 aromatic heterocycles. The van der Waals surface area contributed by atoms with Gasteiger partial charge in [-0.05, 0) is 51.5 Å². The van der Waals surface area contributed by atoms with Gasteiger partial charge in [-0.3, -0.25) is 9.69 Å². The van der Waals surface area contributed by atoms with Crippen molar-refractivity contribution in [3.05, 3.63) is 23.5 Å². The van der Waals surface area contributed by atoms with Crippen molar-refractivity contribution in [2.24, 2.45) is 0 Å². The van der Waals surface area contributed by atoms with Crippen LogP contribution in [0.25, 0.3) is 0 Å². The Labute approximate surface area is 124 Å². The van der Waals surface area contributed by atoms with E-state index in [4.69, 9.17) is 11.6 Å². The number of aromatic nitrogens is 1. The van der Waals surface area contributed by atoms with Crippen LogP contribution in [0.2, 0.25) is 5.15 Å². The third kappa shape index (κ3) is 4.44. The Kier molecular flexibility index (Phi) is 5.76.